The van der Waals surface area contributed by atoms with E-state index in [1.807, 2.05) is 0 Å². The van der Waals surface area contributed by atoms with Gasteiger partial charge in [0, 0.05) is 5.69 Å². The minimum absolute atomic E-state index is 0.0320. The third-order valence-electron chi connectivity index (χ3n) is 2.24. The van der Waals surface area contributed by atoms with Crippen molar-refractivity contribution in [1.82, 2.24) is 9.97 Å². The maximum atomic E-state index is 13.1. The third kappa shape index (κ3) is 3.39. The van der Waals surface area contributed by atoms with Gasteiger partial charge in [0.25, 0.3) is 5.91 Å². The van der Waals surface area contributed by atoms with Crippen LogP contribution in [0.5, 0.6) is 0 Å². The highest BCUT2D eigenvalue weighted by Gasteiger charge is 2.12. The zero-order valence-electron chi connectivity index (χ0n) is 9.75. The van der Waals surface area contributed by atoms with Gasteiger partial charge >= 0.3 is 0 Å². The molecule has 0 aliphatic heterocycles. The molecular weight excluding hydrogens is 292 g/mol. The van der Waals surface area contributed by atoms with E-state index < -0.39 is 11.7 Å². The fourth-order valence-electron chi connectivity index (χ4n) is 1.43. The molecule has 0 aliphatic rings. The van der Waals surface area contributed by atoms with E-state index >= 15 is 0 Å². The molecule has 98 valence electrons. The van der Waals surface area contributed by atoms with Crippen molar-refractivity contribution in [2.45, 2.75) is 6.92 Å². The zero-order valence-corrected chi connectivity index (χ0v) is 11.3. The highest BCUT2D eigenvalue weighted by Crippen LogP contribution is 2.23. The van der Waals surface area contributed by atoms with Gasteiger partial charge in [-0.05, 0) is 42.8 Å². The van der Waals surface area contributed by atoms with E-state index in [2.05, 4.69) is 15.3 Å². The van der Waals surface area contributed by atoms with Crippen LogP contribution in [-0.2, 0) is 0 Å². The van der Waals surface area contributed by atoms with E-state index in [1.54, 1.807) is 6.92 Å². The summed E-state index contributed by atoms with van der Waals surface area (Å²) in [6.07, 6.45) is 0. The Kier molecular flexibility index (Phi) is 3.97. The molecule has 1 heterocycles. The number of rotatable bonds is 2. The summed E-state index contributed by atoms with van der Waals surface area (Å²) in [5.41, 5.74) is 0.798. The van der Waals surface area contributed by atoms with Crippen LogP contribution in [0.15, 0.2) is 24.3 Å². The summed E-state index contributed by atoms with van der Waals surface area (Å²) in [5, 5.41) is 2.66. The fourth-order valence-corrected chi connectivity index (χ4v) is 1.82. The lowest BCUT2D eigenvalue weighted by Crippen LogP contribution is -2.15. The van der Waals surface area contributed by atoms with Crippen LogP contribution in [0.25, 0.3) is 0 Å². The Balaban J connectivity index is 2.28. The van der Waals surface area contributed by atoms with Crippen LogP contribution in [0, 0.1) is 12.7 Å². The summed E-state index contributed by atoms with van der Waals surface area (Å²) in [5.74, 6) is -1.04. The first-order valence-electron chi connectivity index (χ1n) is 5.23. The van der Waals surface area contributed by atoms with E-state index in [-0.39, 0.29) is 21.7 Å². The van der Waals surface area contributed by atoms with E-state index in [0.29, 0.717) is 5.69 Å². The van der Waals surface area contributed by atoms with Gasteiger partial charge in [0.1, 0.15) is 11.5 Å². The molecule has 7 heteroatoms. The summed E-state index contributed by atoms with van der Waals surface area (Å²) in [7, 11) is 0. The standard InChI is InChI=1S/C12H8Cl2FN3O/c1-6-4-10(18-12(14)16-6)11(19)17-9-5-7(15)2-3-8(9)13/h2-5H,1H3,(H,17,19). The second-order valence-electron chi connectivity index (χ2n) is 3.74. The Morgan fingerprint density at radius 2 is 2.00 bits per heavy atom. The minimum atomic E-state index is -0.542. The van der Waals surface area contributed by atoms with Crippen LogP contribution in [0.2, 0.25) is 10.3 Å². The van der Waals surface area contributed by atoms with E-state index in [1.165, 1.54) is 18.2 Å². The number of hydrogen-bond acceptors (Lipinski definition) is 3. The van der Waals surface area contributed by atoms with Gasteiger partial charge in [0.2, 0.25) is 5.28 Å². The Morgan fingerprint density at radius 3 is 2.68 bits per heavy atom. The van der Waals surface area contributed by atoms with E-state index in [0.717, 1.165) is 6.07 Å². The summed E-state index contributed by atoms with van der Waals surface area (Å²) >= 11 is 11.5. The number of hydrogen-bond donors (Lipinski definition) is 1. The first-order chi connectivity index (χ1) is 8.95. The number of aryl methyl sites for hydroxylation is 1. The van der Waals surface area contributed by atoms with Crippen LogP contribution in [-0.4, -0.2) is 15.9 Å². The molecule has 1 N–H and O–H groups in total. The smallest absolute Gasteiger partial charge is 0.274 e. The molecule has 1 amide bonds. The second-order valence-corrected chi connectivity index (χ2v) is 4.49. The first kappa shape index (κ1) is 13.7. The van der Waals surface area contributed by atoms with Crippen LogP contribution < -0.4 is 5.32 Å². The predicted molar refractivity (Wildman–Crippen MR) is 71.1 cm³/mol. The van der Waals surface area contributed by atoms with Crippen molar-refractivity contribution in [1.29, 1.82) is 0 Å². The third-order valence-corrected chi connectivity index (χ3v) is 2.73. The van der Waals surface area contributed by atoms with Gasteiger partial charge in [0.05, 0.1) is 10.7 Å². The van der Waals surface area contributed by atoms with Gasteiger partial charge in [0.15, 0.2) is 0 Å². The maximum Gasteiger partial charge on any atom is 0.274 e. The van der Waals surface area contributed by atoms with Crippen LogP contribution in [0.3, 0.4) is 0 Å². The highest BCUT2D eigenvalue weighted by molar-refractivity contribution is 6.34. The van der Waals surface area contributed by atoms with Crippen molar-refractivity contribution in [3.63, 3.8) is 0 Å². The number of nitrogens with zero attached hydrogens (tertiary/aromatic N) is 2. The average molecular weight is 300 g/mol. The molecule has 0 saturated carbocycles. The molecule has 0 fully saturated rings. The van der Waals surface area contributed by atoms with E-state index in [4.69, 9.17) is 23.2 Å². The molecule has 0 aliphatic carbocycles. The SMILES string of the molecule is Cc1cc(C(=O)Nc2cc(F)ccc2Cl)nc(Cl)n1. The molecule has 0 unspecified atom stereocenters. The molecule has 0 radical (unpaired) electrons. The topological polar surface area (TPSA) is 54.9 Å². The molecule has 0 spiro atoms. The number of halogens is 3. The zero-order chi connectivity index (χ0) is 14.0. The molecule has 0 saturated heterocycles. The molecule has 1 aromatic heterocycles. The van der Waals surface area contributed by atoms with Crippen molar-refractivity contribution in [3.8, 4) is 0 Å². The van der Waals surface area contributed by atoms with Crippen molar-refractivity contribution in [2.24, 2.45) is 0 Å². The fraction of sp³-hybridized carbons (Fsp3) is 0.0833. The quantitative estimate of drug-likeness (QED) is 0.864. The first-order valence-corrected chi connectivity index (χ1v) is 5.99. The van der Waals surface area contributed by atoms with Crippen molar-refractivity contribution in [3.05, 3.63) is 51.8 Å². The molecule has 0 bridgehead atoms. The van der Waals surface area contributed by atoms with Crippen molar-refractivity contribution >= 4 is 34.8 Å². The molecule has 19 heavy (non-hydrogen) atoms. The molecule has 2 aromatic rings. The Labute approximate surface area is 118 Å². The summed E-state index contributed by atoms with van der Waals surface area (Å²) < 4.78 is 13.1. The summed E-state index contributed by atoms with van der Waals surface area (Å²) in [6, 6.07) is 5.14. The Hall–Kier alpha value is -1.72. The van der Waals surface area contributed by atoms with Crippen LogP contribution >= 0.6 is 23.2 Å². The van der Waals surface area contributed by atoms with E-state index in [9.17, 15) is 9.18 Å². The molecule has 2 rings (SSSR count). The number of carbonyl (C=O) groups is 1. The van der Waals surface area contributed by atoms with Gasteiger partial charge in [-0.3, -0.25) is 4.79 Å². The lowest BCUT2D eigenvalue weighted by molar-refractivity contribution is 0.102. The lowest BCUT2D eigenvalue weighted by Gasteiger charge is -2.07. The molecule has 0 atom stereocenters. The molecule has 1 aromatic carbocycles. The summed E-state index contributed by atoms with van der Waals surface area (Å²) in [6.45, 7) is 1.68. The monoisotopic (exact) mass is 299 g/mol. The van der Waals surface area contributed by atoms with Gasteiger partial charge in [-0.25, -0.2) is 14.4 Å². The lowest BCUT2D eigenvalue weighted by atomic mass is 10.2. The van der Waals surface area contributed by atoms with Crippen LogP contribution in [0.4, 0.5) is 10.1 Å². The number of amides is 1. The molecule has 4 nitrogen and oxygen atoms in total. The van der Waals surface area contributed by atoms with Gasteiger partial charge < -0.3 is 5.32 Å². The van der Waals surface area contributed by atoms with Gasteiger partial charge in [-0.2, -0.15) is 0 Å². The second kappa shape index (κ2) is 5.50. The number of carbonyl (C=O) groups excluding carboxylic acids is 1. The van der Waals surface area contributed by atoms with Crippen molar-refractivity contribution in [2.75, 3.05) is 5.32 Å². The number of aromatic nitrogens is 2. The van der Waals surface area contributed by atoms with Crippen LogP contribution in [0.1, 0.15) is 16.2 Å². The number of nitrogens with one attached hydrogen (secondary N) is 1. The highest BCUT2D eigenvalue weighted by atomic mass is 35.5. The van der Waals surface area contributed by atoms with Gasteiger partial charge in [-0.15, -0.1) is 0 Å². The van der Waals surface area contributed by atoms with Crippen molar-refractivity contribution < 1.29 is 9.18 Å². The predicted octanol–water partition coefficient (Wildman–Crippen LogP) is 3.48. The van der Waals surface area contributed by atoms with Gasteiger partial charge in [-0.1, -0.05) is 11.6 Å². The number of anilines is 1. The largest absolute Gasteiger partial charge is 0.319 e. The molecular formula is C12H8Cl2FN3O. The minimum Gasteiger partial charge on any atom is -0.319 e. The summed E-state index contributed by atoms with van der Waals surface area (Å²) in [4.78, 5) is 19.6. The Bertz CT molecular complexity index is 629. The number of benzene rings is 1. The Morgan fingerprint density at radius 1 is 1.26 bits per heavy atom. The maximum absolute atomic E-state index is 13.1. The normalized spacial score (nSPS) is 10.3. The average Bonchev–Trinajstić information content (AvgIpc) is 2.32.